The van der Waals surface area contributed by atoms with E-state index in [9.17, 15) is 9.59 Å². The summed E-state index contributed by atoms with van der Waals surface area (Å²) < 4.78 is 9.53. The number of ether oxygens (including phenoxy) is 2. The van der Waals surface area contributed by atoms with E-state index in [2.05, 4.69) is 15.6 Å². The molecule has 1 aromatic rings. The minimum Gasteiger partial charge on any atom is -0.494 e. The van der Waals surface area contributed by atoms with E-state index in [1.807, 2.05) is 0 Å². The molecule has 0 saturated heterocycles. The van der Waals surface area contributed by atoms with Crippen molar-refractivity contribution in [2.24, 2.45) is 0 Å². The number of nitrogens with one attached hydrogen (secondary N) is 2. The fourth-order valence-electron chi connectivity index (χ4n) is 1.23. The van der Waals surface area contributed by atoms with Gasteiger partial charge in [-0.15, -0.1) is 0 Å². The molecule has 0 radical (unpaired) electrons. The Morgan fingerprint density at radius 1 is 1.21 bits per heavy atom. The molecule has 0 atom stereocenters. The summed E-state index contributed by atoms with van der Waals surface area (Å²) in [6, 6.07) is 2.74. The number of rotatable bonds is 3. The average Bonchev–Trinajstić information content (AvgIpc) is 2.36. The van der Waals surface area contributed by atoms with Crippen LogP contribution in [-0.4, -0.2) is 25.7 Å². The summed E-state index contributed by atoms with van der Waals surface area (Å²) in [7, 11) is 1.41. The number of benzene rings is 1. The molecule has 2 N–H and O–H groups in total. The van der Waals surface area contributed by atoms with Crippen LogP contribution in [0.5, 0.6) is 5.75 Å². The van der Waals surface area contributed by atoms with E-state index in [0.29, 0.717) is 0 Å². The molecule has 0 heterocycles. The minimum atomic E-state index is -0.762. The Bertz CT molecular complexity index is 471. The average molecular weight is 307 g/mol. The van der Waals surface area contributed by atoms with Crippen molar-refractivity contribution >= 4 is 35.2 Å². The highest BCUT2D eigenvalue weighted by molar-refractivity contribution is 6.37. The van der Waals surface area contributed by atoms with E-state index < -0.39 is 12.0 Å². The van der Waals surface area contributed by atoms with E-state index in [1.54, 1.807) is 6.92 Å². The van der Waals surface area contributed by atoms with Crippen molar-refractivity contribution < 1.29 is 19.1 Å². The van der Waals surface area contributed by atoms with E-state index in [0.717, 1.165) is 0 Å². The van der Waals surface area contributed by atoms with Crippen molar-refractivity contribution in [3.05, 3.63) is 27.7 Å². The molecule has 2 amide bonds. The first-order chi connectivity index (χ1) is 8.99. The molecule has 0 unspecified atom stereocenters. The number of hydrogen-bond donors (Lipinski definition) is 2. The number of hydrazine groups is 1. The third kappa shape index (κ3) is 4.18. The van der Waals surface area contributed by atoms with Crippen LogP contribution in [0.15, 0.2) is 12.1 Å². The summed E-state index contributed by atoms with van der Waals surface area (Å²) >= 11 is 11.8. The Kier molecular flexibility index (Phi) is 5.72. The maximum absolute atomic E-state index is 11.7. The Morgan fingerprint density at radius 2 is 1.79 bits per heavy atom. The highest BCUT2D eigenvalue weighted by atomic mass is 35.5. The molecule has 0 bridgehead atoms. The van der Waals surface area contributed by atoms with Crippen LogP contribution in [0.4, 0.5) is 4.79 Å². The summed E-state index contributed by atoms with van der Waals surface area (Å²) in [6.45, 7) is 1.84. The van der Waals surface area contributed by atoms with Gasteiger partial charge < -0.3 is 9.47 Å². The summed E-state index contributed by atoms with van der Waals surface area (Å²) in [6.07, 6.45) is -0.762. The molecule has 8 heteroatoms. The van der Waals surface area contributed by atoms with Gasteiger partial charge in [0.15, 0.2) is 5.75 Å². The van der Waals surface area contributed by atoms with E-state index in [1.165, 1.54) is 19.2 Å². The van der Waals surface area contributed by atoms with Gasteiger partial charge in [0.2, 0.25) is 0 Å². The summed E-state index contributed by atoms with van der Waals surface area (Å²) in [5, 5.41) is 0.382. The molecule has 1 aromatic carbocycles. The first-order valence-corrected chi connectivity index (χ1v) is 6.01. The number of halogens is 2. The molecule has 0 spiro atoms. The molecule has 0 aromatic heterocycles. The zero-order valence-corrected chi connectivity index (χ0v) is 11.8. The lowest BCUT2D eigenvalue weighted by molar-refractivity contribution is 0.0912. The summed E-state index contributed by atoms with van der Waals surface area (Å²) in [4.78, 5) is 22.7. The molecule has 0 aliphatic rings. The van der Waals surface area contributed by atoms with E-state index in [-0.39, 0.29) is 28.0 Å². The fourth-order valence-corrected chi connectivity index (χ4v) is 1.87. The molecular formula is C11H12Cl2N2O4. The van der Waals surface area contributed by atoms with Gasteiger partial charge in [-0.05, 0) is 19.1 Å². The molecule has 0 aliphatic carbocycles. The van der Waals surface area contributed by atoms with E-state index >= 15 is 0 Å². The normalized spacial score (nSPS) is 9.68. The highest BCUT2D eigenvalue weighted by Crippen LogP contribution is 2.33. The van der Waals surface area contributed by atoms with Crippen molar-refractivity contribution in [3.63, 3.8) is 0 Å². The van der Waals surface area contributed by atoms with Crippen LogP contribution in [0.2, 0.25) is 10.0 Å². The van der Waals surface area contributed by atoms with Gasteiger partial charge in [0.1, 0.15) is 0 Å². The second-order valence-corrected chi connectivity index (χ2v) is 4.09. The van der Waals surface area contributed by atoms with Crippen molar-refractivity contribution in [2.45, 2.75) is 6.92 Å². The monoisotopic (exact) mass is 306 g/mol. The van der Waals surface area contributed by atoms with Crippen molar-refractivity contribution in [2.75, 3.05) is 13.7 Å². The zero-order valence-electron chi connectivity index (χ0n) is 10.3. The lowest BCUT2D eigenvalue weighted by atomic mass is 10.2. The number of amides is 2. The number of carbonyl (C=O) groups excluding carboxylic acids is 2. The van der Waals surface area contributed by atoms with Gasteiger partial charge in [0.05, 0.1) is 23.8 Å². The van der Waals surface area contributed by atoms with Crippen LogP contribution in [0.1, 0.15) is 17.3 Å². The molecule has 19 heavy (non-hydrogen) atoms. The second kappa shape index (κ2) is 7.06. The smallest absolute Gasteiger partial charge is 0.426 e. The van der Waals surface area contributed by atoms with Gasteiger partial charge >= 0.3 is 6.09 Å². The maximum Gasteiger partial charge on any atom is 0.426 e. The highest BCUT2D eigenvalue weighted by Gasteiger charge is 2.14. The van der Waals surface area contributed by atoms with Crippen LogP contribution >= 0.6 is 23.2 Å². The standard InChI is InChI=1S/C11H12Cl2N2O4/c1-3-19-11(17)15-14-10(16)6-4-7(12)9(18-2)8(13)5-6/h4-5H,3H2,1-2H3,(H,14,16)(H,15,17). The largest absolute Gasteiger partial charge is 0.494 e. The second-order valence-electron chi connectivity index (χ2n) is 3.27. The summed E-state index contributed by atoms with van der Waals surface area (Å²) in [5.41, 5.74) is 4.40. The first-order valence-electron chi connectivity index (χ1n) is 5.25. The number of carbonyl (C=O) groups is 2. The van der Waals surface area contributed by atoms with Crippen molar-refractivity contribution in [1.29, 1.82) is 0 Å². The topological polar surface area (TPSA) is 76.7 Å². The Morgan fingerprint density at radius 3 is 2.26 bits per heavy atom. The van der Waals surface area contributed by atoms with Crippen LogP contribution in [-0.2, 0) is 4.74 Å². The van der Waals surface area contributed by atoms with Crippen molar-refractivity contribution in [3.8, 4) is 5.75 Å². The van der Waals surface area contributed by atoms with Gasteiger partial charge in [0, 0.05) is 5.56 Å². The first kappa shape index (κ1) is 15.4. The van der Waals surface area contributed by atoms with Gasteiger partial charge in [-0.2, -0.15) is 0 Å². The maximum atomic E-state index is 11.7. The lowest BCUT2D eigenvalue weighted by Gasteiger charge is -2.10. The predicted molar refractivity (Wildman–Crippen MR) is 70.6 cm³/mol. The Hall–Kier alpha value is -1.66. The fraction of sp³-hybridized carbons (Fsp3) is 0.273. The molecule has 1 rings (SSSR count). The lowest BCUT2D eigenvalue weighted by Crippen LogP contribution is -2.41. The predicted octanol–water partition coefficient (Wildman–Crippen LogP) is 2.39. The Balaban J connectivity index is 2.75. The SMILES string of the molecule is CCOC(=O)NNC(=O)c1cc(Cl)c(OC)c(Cl)c1. The molecular weight excluding hydrogens is 295 g/mol. The van der Waals surface area contributed by atoms with Gasteiger partial charge in [-0.25, -0.2) is 10.2 Å². The van der Waals surface area contributed by atoms with Crippen molar-refractivity contribution in [1.82, 2.24) is 10.9 Å². The number of methoxy groups -OCH3 is 1. The van der Waals surface area contributed by atoms with Crippen LogP contribution in [0, 0.1) is 0 Å². The van der Waals surface area contributed by atoms with Gasteiger partial charge in [0.25, 0.3) is 5.91 Å². The minimum absolute atomic E-state index is 0.174. The van der Waals surface area contributed by atoms with E-state index in [4.69, 9.17) is 27.9 Å². The van der Waals surface area contributed by atoms with Crippen LogP contribution in [0.25, 0.3) is 0 Å². The molecule has 0 saturated carbocycles. The molecule has 0 aliphatic heterocycles. The quantitative estimate of drug-likeness (QED) is 0.841. The van der Waals surface area contributed by atoms with Gasteiger partial charge in [-0.1, -0.05) is 23.2 Å². The Labute approximate surface area is 119 Å². The van der Waals surface area contributed by atoms with Crippen LogP contribution in [0.3, 0.4) is 0 Å². The summed E-state index contributed by atoms with van der Waals surface area (Å²) in [5.74, 6) is -0.308. The third-order valence-electron chi connectivity index (χ3n) is 2.02. The zero-order chi connectivity index (χ0) is 14.4. The third-order valence-corrected chi connectivity index (χ3v) is 2.58. The molecule has 104 valence electrons. The van der Waals surface area contributed by atoms with Crippen LogP contribution < -0.4 is 15.6 Å². The molecule has 6 nitrogen and oxygen atoms in total. The molecule has 0 fully saturated rings. The van der Waals surface area contributed by atoms with Gasteiger partial charge in [-0.3, -0.25) is 10.2 Å². The number of hydrogen-bond acceptors (Lipinski definition) is 4.